The SMILES string of the molecule is CC(C)(O)C(C)(C)NC(=O)CNC1CC1. The molecule has 0 aromatic heterocycles. The molecular formula is C11H22N2O2. The molecule has 0 bridgehead atoms. The van der Waals surface area contributed by atoms with Gasteiger partial charge in [-0.2, -0.15) is 0 Å². The first-order valence-electron chi connectivity index (χ1n) is 5.49. The molecule has 1 saturated carbocycles. The van der Waals surface area contributed by atoms with Gasteiger partial charge in [0.2, 0.25) is 5.91 Å². The molecule has 3 N–H and O–H groups in total. The summed E-state index contributed by atoms with van der Waals surface area (Å²) < 4.78 is 0. The average Bonchev–Trinajstić information content (AvgIpc) is 2.80. The van der Waals surface area contributed by atoms with E-state index in [0.29, 0.717) is 12.6 Å². The van der Waals surface area contributed by atoms with Gasteiger partial charge >= 0.3 is 0 Å². The molecule has 0 spiro atoms. The minimum Gasteiger partial charge on any atom is -0.388 e. The predicted octanol–water partition coefficient (Wildman–Crippen LogP) is 0.404. The molecule has 1 fully saturated rings. The van der Waals surface area contributed by atoms with Crippen LogP contribution in [0.3, 0.4) is 0 Å². The first-order valence-corrected chi connectivity index (χ1v) is 5.49. The molecule has 0 atom stereocenters. The summed E-state index contributed by atoms with van der Waals surface area (Å²) in [7, 11) is 0. The molecule has 0 unspecified atom stereocenters. The highest BCUT2D eigenvalue weighted by Crippen LogP contribution is 2.20. The Hall–Kier alpha value is -0.610. The van der Waals surface area contributed by atoms with Crippen molar-refractivity contribution in [2.45, 2.75) is 57.7 Å². The average molecular weight is 214 g/mol. The number of carbonyl (C=O) groups excluding carboxylic acids is 1. The molecule has 4 nitrogen and oxygen atoms in total. The lowest BCUT2D eigenvalue weighted by Crippen LogP contribution is -2.59. The number of rotatable bonds is 5. The topological polar surface area (TPSA) is 61.4 Å². The van der Waals surface area contributed by atoms with Crippen LogP contribution in [0.4, 0.5) is 0 Å². The summed E-state index contributed by atoms with van der Waals surface area (Å²) in [4.78, 5) is 11.6. The van der Waals surface area contributed by atoms with E-state index in [9.17, 15) is 9.90 Å². The van der Waals surface area contributed by atoms with E-state index in [0.717, 1.165) is 0 Å². The molecule has 88 valence electrons. The smallest absolute Gasteiger partial charge is 0.234 e. The number of nitrogens with one attached hydrogen (secondary N) is 2. The Morgan fingerprint density at radius 3 is 2.27 bits per heavy atom. The largest absolute Gasteiger partial charge is 0.388 e. The molecular weight excluding hydrogens is 192 g/mol. The van der Waals surface area contributed by atoms with E-state index in [-0.39, 0.29) is 5.91 Å². The van der Waals surface area contributed by atoms with Gasteiger partial charge < -0.3 is 15.7 Å². The second-order valence-corrected chi connectivity index (χ2v) is 5.39. The van der Waals surface area contributed by atoms with Gasteiger partial charge in [0.05, 0.1) is 17.7 Å². The maximum atomic E-state index is 11.6. The van der Waals surface area contributed by atoms with Crippen molar-refractivity contribution >= 4 is 5.91 Å². The fourth-order valence-corrected chi connectivity index (χ4v) is 1.07. The van der Waals surface area contributed by atoms with E-state index in [1.807, 2.05) is 13.8 Å². The van der Waals surface area contributed by atoms with Crippen LogP contribution in [-0.4, -0.2) is 34.7 Å². The second kappa shape index (κ2) is 4.10. The van der Waals surface area contributed by atoms with Crippen LogP contribution < -0.4 is 10.6 Å². The molecule has 15 heavy (non-hydrogen) atoms. The quantitative estimate of drug-likeness (QED) is 0.621. The normalized spacial score (nSPS) is 17.7. The predicted molar refractivity (Wildman–Crippen MR) is 59.5 cm³/mol. The van der Waals surface area contributed by atoms with Crippen LogP contribution in [0.1, 0.15) is 40.5 Å². The summed E-state index contributed by atoms with van der Waals surface area (Å²) in [6.45, 7) is 7.37. The summed E-state index contributed by atoms with van der Waals surface area (Å²) in [6.07, 6.45) is 2.34. The zero-order chi connectivity index (χ0) is 11.7. The van der Waals surface area contributed by atoms with Gasteiger partial charge in [-0.05, 0) is 40.5 Å². The number of aliphatic hydroxyl groups is 1. The highest BCUT2D eigenvalue weighted by Gasteiger charge is 2.36. The molecule has 0 aliphatic heterocycles. The Bertz CT molecular complexity index is 239. The molecule has 0 aromatic rings. The number of hydrogen-bond acceptors (Lipinski definition) is 3. The van der Waals surface area contributed by atoms with Gasteiger partial charge in [0.15, 0.2) is 0 Å². The first kappa shape index (κ1) is 12.5. The number of hydrogen-bond donors (Lipinski definition) is 3. The van der Waals surface area contributed by atoms with Crippen molar-refractivity contribution < 1.29 is 9.90 Å². The van der Waals surface area contributed by atoms with Gasteiger partial charge in [-0.1, -0.05) is 0 Å². The summed E-state index contributed by atoms with van der Waals surface area (Å²) in [5.41, 5.74) is -1.54. The Morgan fingerprint density at radius 1 is 1.33 bits per heavy atom. The fraction of sp³-hybridized carbons (Fsp3) is 0.909. The zero-order valence-electron chi connectivity index (χ0n) is 10.1. The third-order valence-electron chi connectivity index (χ3n) is 3.11. The molecule has 1 aliphatic carbocycles. The summed E-state index contributed by atoms with van der Waals surface area (Å²) in [6, 6.07) is 0.529. The van der Waals surface area contributed by atoms with Crippen molar-refractivity contribution in [2.75, 3.05) is 6.54 Å². The molecule has 0 aromatic carbocycles. The van der Waals surface area contributed by atoms with Crippen LogP contribution in [0.25, 0.3) is 0 Å². The summed E-state index contributed by atoms with van der Waals surface area (Å²) >= 11 is 0. The van der Waals surface area contributed by atoms with Crippen LogP contribution in [0.2, 0.25) is 0 Å². The lowest BCUT2D eigenvalue weighted by Gasteiger charge is -2.38. The van der Waals surface area contributed by atoms with Crippen LogP contribution in [0, 0.1) is 0 Å². The van der Waals surface area contributed by atoms with E-state index in [4.69, 9.17) is 0 Å². The third kappa shape index (κ3) is 3.80. The van der Waals surface area contributed by atoms with Gasteiger partial charge in [0.25, 0.3) is 0 Å². The fourth-order valence-electron chi connectivity index (χ4n) is 1.07. The van der Waals surface area contributed by atoms with Crippen LogP contribution in [-0.2, 0) is 4.79 Å². The van der Waals surface area contributed by atoms with Gasteiger partial charge in [0.1, 0.15) is 0 Å². The Morgan fingerprint density at radius 2 is 1.87 bits per heavy atom. The molecule has 1 rings (SSSR count). The maximum Gasteiger partial charge on any atom is 0.234 e. The highest BCUT2D eigenvalue weighted by molar-refractivity contribution is 5.79. The minimum absolute atomic E-state index is 0.0611. The summed E-state index contributed by atoms with van der Waals surface area (Å²) in [5.74, 6) is -0.0611. The molecule has 0 saturated heterocycles. The van der Waals surface area contributed by atoms with Crippen LogP contribution in [0.5, 0.6) is 0 Å². The van der Waals surface area contributed by atoms with Crippen LogP contribution in [0.15, 0.2) is 0 Å². The van der Waals surface area contributed by atoms with E-state index < -0.39 is 11.1 Å². The Kier molecular flexibility index (Phi) is 3.41. The van der Waals surface area contributed by atoms with Gasteiger partial charge in [0, 0.05) is 6.04 Å². The van der Waals surface area contributed by atoms with Crippen molar-refractivity contribution in [1.29, 1.82) is 0 Å². The second-order valence-electron chi connectivity index (χ2n) is 5.39. The summed E-state index contributed by atoms with van der Waals surface area (Å²) in [5, 5.41) is 15.8. The zero-order valence-corrected chi connectivity index (χ0v) is 10.1. The first-order chi connectivity index (χ1) is 6.72. The standard InChI is InChI=1S/C11H22N2O2/c1-10(2,11(3,4)15)13-9(14)7-12-8-5-6-8/h8,12,15H,5-7H2,1-4H3,(H,13,14). The van der Waals surface area contributed by atoms with Crippen molar-refractivity contribution in [2.24, 2.45) is 0 Å². The van der Waals surface area contributed by atoms with Crippen molar-refractivity contribution in [1.82, 2.24) is 10.6 Å². The number of amides is 1. The monoisotopic (exact) mass is 214 g/mol. The molecule has 4 heteroatoms. The van der Waals surface area contributed by atoms with Gasteiger partial charge in [-0.3, -0.25) is 4.79 Å². The van der Waals surface area contributed by atoms with Crippen molar-refractivity contribution in [3.05, 3.63) is 0 Å². The highest BCUT2D eigenvalue weighted by atomic mass is 16.3. The third-order valence-corrected chi connectivity index (χ3v) is 3.11. The van der Waals surface area contributed by atoms with Gasteiger partial charge in [-0.15, -0.1) is 0 Å². The van der Waals surface area contributed by atoms with Crippen molar-refractivity contribution in [3.8, 4) is 0 Å². The lowest BCUT2D eigenvalue weighted by atomic mass is 9.86. The van der Waals surface area contributed by atoms with Gasteiger partial charge in [-0.25, -0.2) is 0 Å². The number of carbonyl (C=O) groups is 1. The maximum absolute atomic E-state index is 11.6. The molecule has 0 heterocycles. The van der Waals surface area contributed by atoms with E-state index in [1.165, 1.54) is 12.8 Å². The van der Waals surface area contributed by atoms with E-state index in [1.54, 1.807) is 13.8 Å². The van der Waals surface area contributed by atoms with Crippen LogP contribution >= 0.6 is 0 Å². The van der Waals surface area contributed by atoms with E-state index in [2.05, 4.69) is 10.6 Å². The Labute approximate surface area is 91.4 Å². The Balaban J connectivity index is 2.34. The molecule has 1 aliphatic rings. The lowest BCUT2D eigenvalue weighted by molar-refractivity contribution is -0.125. The molecule has 1 amide bonds. The molecule has 0 radical (unpaired) electrons. The van der Waals surface area contributed by atoms with E-state index >= 15 is 0 Å². The minimum atomic E-state index is -0.928. The van der Waals surface area contributed by atoms with Crippen molar-refractivity contribution in [3.63, 3.8) is 0 Å².